The second kappa shape index (κ2) is 4.21. The quantitative estimate of drug-likeness (QED) is 0.646. The first kappa shape index (κ1) is 14.4. The van der Waals surface area contributed by atoms with Crippen LogP contribution >= 0.6 is 6.26 Å². The fourth-order valence-electron chi connectivity index (χ4n) is 1.31. The van der Waals surface area contributed by atoms with Crippen LogP contribution < -0.4 is 5.73 Å². The van der Waals surface area contributed by atoms with Gasteiger partial charge in [-0.05, 0) is 0 Å². The van der Waals surface area contributed by atoms with Crippen molar-refractivity contribution in [2.45, 2.75) is 11.8 Å². The number of nitrogen functional groups attached to an aromatic ring is 1. The second-order valence-corrected chi connectivity index (χ2v) is 13.8. The first-order valence-corrected chi connectivity index (χ1v) is 9.92. The molecule has 0 saturated carbocycles. The van der Waals surface area contributed by atoms with Gasteiger partial charge in [-0.25, -0.2) is 0 Å². The monoisotopic (exact) mass is 279 g/mol. The Hall–Kier alpha value is -0.680. The molecule has 0 saturated heterocycles. The molecule has 98 valence electrons. The molecule has 1 aromatic carbocycles. The van der Waals surface area contributed by atoms with Crippen molar-refractivity contribution in [3.8, 4) is 0 Å². The molecule has 5 nitrogen and oxygen atoms in total. The van der Waals surface area contributed by atoms with E-state index in [4.69, 9.17) is 10.3 Å². The van der Waals surface area contributed by atoms with Gasteiger partial charge in [0.25, 0.3) is 0 Å². The van der Waals surface area contributed by atoms with Crippen molar-refractivity contribution in [3.05, 3.63) is 24.3 Å². The van der Waals surface area contributed by atoms with E-state index in [-0.39, 0.29) is 11.1 Å². The molecule has 0 spiro atoms. The van der Waals surface area contributed by atoms with E-state index >= 15 is 0 Å². The maximum absolute atomic E-state index is 12.4. The molecule has 0 aromatic heterocycles. The molecular weight excluding hydrogens is 261 g/mol. The van der Waals surface area contributed by atoms with E-state index in [0.717, 1.165) is 0 Å². The molecular formula is C10H18NO4PS. The Morgan fingerprint density at radius 2 is 1.82 bits per heavy atom. The van der Waals surface area contributed by atoms with Crippen LogP contribution in [0.3, 0.4) is 0 Å². The Bertz CT molecular complexity index is 502. The summed E-state index contributed by atoms with van der Waals surface area (Å²) in [5.74, 6) is 0. The van der Waals surface area contributed by atoms with Crippen LogP contribution in [0.4, 0.5) is 5.69 Å². The van der Waals surface area contributed by atoms with Gasteiger partial charge in [-0.2, -0.15) is 0 Å². The molecule has 0 amide bonds. The van der Waals surface area contributed by atoms with Crippen LogP contribution in [-0.2, 0) is 14.0 Å². The van der Waals surface area contributed by atoms with Crippen molar-refractivity contribution in [1.29, 1.82) is 0 Å². The first-order valence-electron chi connectivity index (χ1n) is 5.09. The zero-order valence-corrected chi connectivity index (χ0v) is 11.8. The van der Waals surface area contributed by atoms with E-state index in [1.54, 1.807) is 6.92 Å². The van der Waals surface area contributed by atoms with Gasteiger partial charge in [-0.15, -0.1) is 0 Å². The van der Waals surface area contributed by atoms with Crippen LogP contribution in [0.15, 0.2) is 29.2 Å². The molecule has 7 heteroatoms. The molecule has 0 aliphatic heterocycles. The Labute approximate surface area is 101 Å². The third-order valence-electron chi connectivity index (χ3n) is 2.98. The molecule has 1 aromatic rings. The number of rotatable bonds is 4. The van der Waals surface area contributed by atoms with Gasteiger partial charge in [-0.3, -0.25) is 0 Å². The van der Waals surface area contributed by atoms with E-state index in [0.29, 0.717) is 5.69 Å². The van der Waals surface area contributed by atoms with Gasteiger partial charge in [0.05, 0.1) is 0 Å². The summed E-state index contributed by atoms with van der Waals surface area (Å²) in [6.07, 6.45) is -4.19. The van der Waals surface area contributed by atoms with Crippen LogP contribution in [0.1, 0.15) is 6.92 Å². The zero-order valence-electron chi connectivity index (χ0n) is 10.1. The Morgan fingerprint density at radius 3 is 2.18 bits per heavy atom. The predicted molar refractivity (Wildman–Crippen MR) is 70.7 cm³/mol. The fourth-order valence-corrected chi connectivity index (χ4v) is 6.72. The molecule has 0 heterocycles. The molecule has 0 aliphatic carbocycles. The average Bonchev–Trinajstić information content (AvgIpc) is 2.30. The van der Waals surface area contributed by atoms with Crippen molar-refractivity contribution in [3.63, 3.8) is 0 Å². The van der Waals surface area contributed by atoms with Crippen LogP contribution in [-0.4, -0.2) is 33.2 Å². The van der Waals surface area contributed by atoms with Crippen molar-refractivity contribution in [2.24, 2.45) is 0 Å². The second-order valence-electron chi connectivity index (χ2n) is 4.06. The Morgan fingerprint density at radius 1 is 1.35 bits per heavy atom. The third-order valence-corrected chi connectivity index (χ3v) is 13.0. The first-order chi connectivity index (χ1) is 7.66. The topological polar surface area (TPSA) is 89.6 Å². The number of hydrogen-bond donors (Lipinski definition) is 2. The van der Waals surface area contributed by atoms with E-state index in [2.05, 4.69) is 0 Å². The van der Waals surface area contributed by atoms with Crippen molar-refractivity contribution < 1.29 is 17.8 Å². The van der Waals surface area contributed by atoms with E-state index in [9.17, 15) is 13.3 Å². The standard InChI is InChI=1S/C10H18NO4PS/c1-4-16(3,12,15-2)17(13,14)10-7-5-9(11)6-8-10/h5-8,12H,4,11H2,1-3H3. The molecule has 0 unspecified atom stereocenters. The summed E-state index contributed by atoms with van der Waals surface area (Å²) in [6.45, 7) is 2.87. The molecule has 0 fully saturated rings. The van der Waals surface area contributed by atoms with Gasteiger partial charge in [0, 0.05) is 0 Å². The third kappa shape index (κ3) is 2.18. The van der Waals surface area contributed by atoms with Crippen LogP contribution in [0.5, 0.6) is 0 Å². The molecule has 0 aliphatic rings. The number of benzene rings is 1. The van der Waals surface area contributed by atoms with Gasteiger partial charge in [0.15, 0.2) is 0 Å². The summed E-state index contributed by atoms with van der Waals surface area (Å²) in [7, 11) is -2.69. The summed E-state index contributed by atoms with van der Waals surface area (Å²) in [5, 5.41) is 0. The van der Waals surface area contributed by atoms with Crippen molar-refractivity contribution in [1.82, 2.24) is 0 Å². The van der Waals surface area contributed by atoms with Gasteiger partial charge in [0.2, 0.25) is 0 Å². The minimum atomic E-state index is -4.23. The summed E-state index contributed by atoms with van der Waals surface area (Å²) >= 11 is 0. The van der Waals surface area contributed by atoms with Gasteiger partial charge >= 0.3 is 101 Å². The Balaban J connectivity index is 3.43. The normalized spacial score (nSPS) is 15.2. The van der Waals surface area contributed by atoms with Crippen molar-refractivity contribution in [2.75, 3.05) is 25.7 Å². The van der Waals surface area contributed by atoms with E-state index in [1.165, 1.54) is 38.0 Å². The number of anilines is 1. The summed E-state index contributed by atoms with van der Waals surface area (Å²) in [6, 6.07) is 5.71. The van der Waals surface area contributed by atoms with Crippen LogP contribution in [0.2, 0.25) is 0 Å². The molecule has 0 radical (unpaired) electrons. The fraction of sp³-hybridized carbons (Fsp3) is 0.400. The summed E-state index contributed by atoms with van der Waals surface area (Å²) < 4.78 is 29.8. The predicted octanol–water partition coefficient (Wildman–Crippen LogP) is 1.63. The van der Waals surface area contributed by atoms with Crippen LogP contribution in [0, 0.1) is 0 Å². The summed E-state index contributed by atoms with van der Waals surface area (Å²) in [4.78, 5) is 10.5. The molecule has 17 heavy (non-hydrogen) atoms. The average molecular weight is 279 g/mol. The zero-order chi connectivity index (χ0) is 13.3. The number of nitrogens with two attached hydrogens (primary N) is 1. The van der Waals surface area contributed by atoms with Gasteiger partial charge < -0.3 is 0 Å². The SMILES string of the molecule is CCP(C)(O)(OC)S(=O)(=O)c1ccc(N)cc1. The molecule has 1 rings (SSSR count). The van der Waals surface area contributed by atoms with E-state index < -0.39 is 15.7 Å². The maximum atomic E-state index is 12.4. The summed E-state index contributed by atoms with van der Waals surface area (Å²) in [5.41, 5.74) is 5.96. The van der Waals surface area contributed by atoms with Crippen molar-refractivity contribution >= 4 is 21.4 Å². The minimum absolute atomic E-state index is 0.0260. The van der Waals surface area contributed by atoms with Gasteiger partial charge in [0.1, 0.15) is 0 Å². The Kier molecular flexibility index (Phi) is 3.56. The number of hydrogen-bond acceptors (Lipinski definition) is 5. The van der Waals surface area contributed by atoms with Gasteiger partial charge in [-0.1, -0.05) is 0 Å². The molecule has 0 bridgehead atoms. The van der Waals surface area contributed by atoms with Crippen LogP contribution in [0.25, 0.3) is 0 Å². The molecule has 0 atom stereocenters. The van der Waals surface area contributed by atoms with E-state index in [1.807, 2.05) is 0 Å². The molecule has 3 N–H and O–H groups in total.